The van der Waals surface area contributed by atoms with Crippen LogP contribution in [0.2, 0.25) is 10.0 Å². The third-order valence-corrected chi connectivity index (χ3v) is 5.14. The van der Waals surface area contributed by atoms with Gasteiger partial charge in [-0.15, -0.1) is 0 Å². The van der Waals surface area contributed by atoms with Gasteiger partial charge in [-0.3, -0.25) is 4.79 Å². The van der Waals surface area contributed by atoms with E-state index in [0.717, 1.165) is 11.1 Å². The van der Waals surface area contributed by atoms with Gasteiger partial charge in [-0.2, -0.15) is 5.26 Å². The van der Waals surface area contributed by atoms with Crippen LogP contribution in [0.25, 0.3) is 6.08 Å². The minimum absolute atomic E-state index is 0.00963. The van der Waals surface area contributed by atoms with Gasteiger partial charge in [0, 0.05) is 22.2 Å². The predicted octanol–water partition coefficient (Wildman–Crippen LogP) is 5.80. The van der Waals surface area contributed by atoms with E-state index in [0.29, 0.717) is 33.7 Å². The molecule has 0 aromatic heterocycles. The lowest BCUT2D eigenvalue weighted by atomic mass is 10.1. The van der Waals surface area contributed by atoms with Gasteiger partial charge in [0.15, 0.2) is 11.5 Å². The van der Waals surface area contributed by atoms with Crippen molar-refractivity contribution in [1.29, 1.82) is 5.26 Å². The molecule has 7 heteroatoms. The van der Waals surface area contributed by atoms with Gasteiger partial charge >= 0.3 is 0 Å². The van der Waals surface area contributed by atoms with Crippen molar-refractivity contribution in [2.75, 3.05) is 7.11 Å². The number of carbonyl (C=O) groups excluding carboxylic acids is 1. The lowest BCUT2D eigenvalue weighted by molar-refractivity contribution is -0.117. The predicted molar refractivity (Wildman–Crippen MR) is 126 cm³/mol. The molecule has 0 aliphatic heterocycles. The van der Waals surface area contributed by atoms with E-state index in [2.05, 4.69) is 5.32 Å². The fraction of sp³-hybridized carbons (Fsp3) is 0.120. The highest BCUT2D eigenvalue weighted by atomic mass is 35.5. The molecule has 0 heterocycles. The molecule has 0 radical (unpaired) electrons. The Kier molecular flexibility index (Phi) is 8.15. The molecule has 0 saturated carbocycles. The number of rotatable bonds is 8. The molecule has 1 N–H and O–H groups in total. The van der Waals surface area contributed by atoms with Crippen LogP contribution >= 0.6 is 23.2 Å². The normalized spacial score (nSPS) is 10.9. The molecule has 3 rings (SSSR count). The molecule has 0 aliphatic carbocycles. The number of carbonyl (C=O) groups is 1. The molecule has 0 fully saturated rings. The van der Waals surface area contributed by atoms with Gasteiger partial charge < -0.3 is 14.8 Å². The molecule has 0 unspecified atom stereocenters. The summed E-state index contributed by atoms with van der Waals surface area (Å²) < 4.78 is 11.3. The van der Waals surface area contributed by atoms with Crippen molar-refractivity contribution in [3.05, 3.63) is 99.0 Å². The summed E-state index contributed by atoms with van der Waals surface area (Å²) in [5, 5.41) is 13.2. The monoisotopic (exact) mass is 466 g/mol. The second-order valence-corrected chi connectivity index (χ2v) is 7.62. The standard InChI is InChI=1S/C25H20Cl2N2O3/c1-31-24-12-18(7-10-23(24)32-16-19-8-9-21(26)13-22(19)27)11-20(14-28)25(30)29-15-17-5-3-2-4-6-17/h2-13H,15-16H2,1H3,(H,29,30)/b20-11+. The summed E-state index contributed by atoms with van der Waals surface area (Å²) in [7, 11) is 1.52. The smallest absolute Gasteiger partial charge is 0.262 e. The maximum atomic E-state index is 12.4. The zero-order chi connectivity index (χ0) is 22.9. The molecule has 3 aromatic carbocycles. The van der Waals surface area contributed by atoms with Gasteiger partial charge in [-0.1, -0.05) is 65.7 Å². The summed E-state index contributed by atoms with van der Waals surface area (Å²) in [6, 6.07) is 21.8. The van der Waals surface area contributed by atoms with Crippen LogP contribution in [0.1, 0.15) is 16.7 Å². The zero-order valence-electron chi connectivity index (χ0n) is 17.3. The number of hydrogen-bond donors (Lipinski definition) is 1. The quantitative estimate of drug-likeness (QED) is 0.336. The van der Waals surface area contributed by atoms with Crippen LogP contribution in [0.4, 0.5) is 0 Å². The van der Waals surface area contributed by atoms with Crippen LogP contribution in [0.3, 0.4) is 0 Å². The summed E-state index contributed by atoms with van der Waals surface area (Å²) in [6.45, 7) is 0.564. The average Bonchev–Trinajstić information content (AvgIpc) is 2.81. The number of ether oxygens (including phenoxy) is 2. The van der Waals surface area contributed by atoms with Gasteiger partial charge in [-0.25, -0.2) is 0 Å². The lowest BCUT2D eigenvalue weighted by Crippen LogP contribution is -2.23. The molecule has 0 aliphatic rings. The Morgan fingerprint density at radius 1 is 1.06 bits per heavy atom. The van der Waals surface area contributed by atoms with Crippen molar-refractivity contribution in [2.45, 2.75) is 13.2 Å². The molecule has 32 heavy (non-hydrogen) atoms. The number of nitrogens with zero attached hydrogens (tertiary/aromatic N) is 1. The Bertz CT molecular complexity index is 1170. The first kappa shape index (κ1) is 23.2. The highest BCUT2D eigenvalue weighted by Gasteiger charge is 2.11. The third-order valence-electron chi connectivity index (χ3n) is 4.56. The van der Waals surface area contributed by atoms with Crippen LogP contribution in [0.5, 0.6) is 11.5 Å². The van der Waals surface area contributed by atoms with E-state index in [1.807, 2.05) is 36.4 Å². The molecular formula is C25H20Cl2N2O3. The van der Waals surface area contributed by atoms with Gasteiger partial charge in [0.05, 0.1) is 7.11 Å². The molecule has 3 aromatic rings. The second-order valence-electron chi connectivity index (χ2n) is 6.77. The van der Waals surface area contributed by atoms with Gasteiger partial charge in [0.2, 0.25) is 0 Å². The topological polar surface area (TPSA) is 71.3 Å². The summed E-state index contributed by atoms with van der Waals surface area (Å²) in [5.41, 5.74) is 2.35. The maximum Gasteiger partial charge on any atom is 0.262 e. The van der Waals surface area contributed by atoms with Gasteiger partial charge in [0.1, 0.15) is 18.2 Å². The summed E-state index contributed by atoms with van der Waals surface area (Å²) >= 11 is 12.1. The van der Waals surface area contributed by atoms with Crippen molar-refractivity contribution in [1.82, 2.24) is 5.32 Å². The maximum absolute atomic E-state index is 12.4. The Balaban J connectivity index is 1.71. The average molecular weight is 467 g/mol. The molecule has 1 amide bonds. The van der Waals surface area contributed by atoms with Crippen molar-refractivity contribution in [2.24, 2.45) is 0 Å². The van der Waals surface area contributed by atoms with E-state index >= 15 is 0 Å². The van der Waals surface area contributed by atoms with Crippen molar-refractivity contribution in [3.63, 3.8) is 0 Å². The van der Waals surface area contributed by atoms with Crippen molar-refractivity contribution >= 4 is 35.2 Å². The molecule has 162 valence electrons. The van der Waals surface area contributed by atoms with Crippen LogP contribution in [-0.2, 0) is 17.9 Å². The van der Waals surface area contributed by atoms with E-state index < -0.39 is 5.91 Å². The second kappa shape index (κ2) is 11.2. The number of amides is 1. The van der Waals surface area contributed by atoms with Gasteiger partial charge in [0.25, 0.3) is 5.91 Å². The number of benzene rings is 3. The molecular weight excluding hydrogens is 447 g/mol. The number of halogens is 2. The lowest BCUT2D eigenvalue weighted by Gasteiger charge is -2.12. The summed E-state index contributed by atoms with van der Waals surface area (Å²) in [5.74, 6) is 0.515. The first-order valence-electron chi connectivity index (χ1n) is 9.69. The number of hydrogen-bond acceptors (Lipinski definition) is 4. The zero-order valence-corrected chi connectivity index (χ0v) is 18.8. The molecule has 5 nitrogen and oxygen atoms in total. The fourth-order valence-electron chi connectivity index (χ4n) is 2.88. The molecule has 0 atom stereocenters. The van der Waals surface area contributed by atoms with Gasteiger partial charge in [-0.05, 0) is 41.5 Å². The van der Waals surface area contributed by atoms with Crippen molar-refractivity contribution < 1.29 is 14.3 Å². The Morgan fingerprint density at radius 2 is 1.84 bits per heavy atom. The first-order chi connectivity index (χ1) is 15.5. The van der Waals surface area contributed by atoms with Crippen molar-refractivity contribution in [3.8, 4) is 17.6 Å². The molecule has 0 spiro atoms. The van der Waals surface area contributed by atoms with Crippen LogP contribution < -0.4 is 14.8 Å². The molecule has 0 saturated heterocycles. The minimum Gasteiger partial charge on any atom is -0.493 e. The van der Waals surface area contributed by atoms with Crippen LogP contribution in [0, 0.1) is 11.3 Å². The minimum atomic E-state index is -0.451. The number of methoxy groups -OCH3 is 1. The Labute approximate surface area is 196 Å². The highest BCUT2D eigenvalue weighted by molar-refractivity contribution is 6.35. The summed E-state index contributed by atoms with van der Waals surface area (Å²) in [6.07, 6.45) is 1.50. The fourth-order valence-corrected chi connectivity index (χ4v) is 3.34. The Morgan fingerprint density at radius 3 is 2.53 bits per heavy atom. The largest absolute Gasteiger partial charge is 0.493 e. The summed E-state index contributed by atoms with van der Waals surface area (Å²) in [4.78, 5) is 12.4. The number of nitriles is 1. The van der Waals surface area contributed by atoms with Crippen LogP contribution in [0.15, 0.2) is 72.3 Å². The first-order valence-corrected chi connectivity index (χ1v) is 10.4. The van der Waals surface area contributed by atoms with E-state index in [1.54, 1.807) is 36.4 Å². The van der Waals surface area contributed by atoms with E-state index in [-0.39, 0.29) is 12.2 Å². The highest BCUT2D eigenvalue weighted by Crippen LogP contribution is 2.31. The van der Waals surface area contributed by atoms with E-state index in [9.17, 15) is 10.1 Å². The van der Waals surface area contributed by atoms with E-state index in [4.69, 9.17) is 32.7 Å². The third kappa shape index (κ3) is 6.27. The van der Waals surface area contributed by atoms with Crippen LogP contribution in [-0.4, -0.2) is 13.0 Å². The Hall–Kier alpha value is -3.46. The SMILES string of the molecule is COc1cc(/C=C(\C#N)C(=O)NCc2ccccc2)ccc1OCc1ccc(Cl)cc1Cl. The van der Waals surface area contributed by atoms with E-state index in [1.165, 1.54) is 13.2 Å². The number of nitrogens with one attached hydrogen (secondary N) is 1. The molecule has 0 bridgehead atoms.